The van der Waals surface area contributed by atoms with Crippen LogP contribution >= 0.6 is 0 Å². The summed E-state index contributed by atoms with van der Waals surface area (Å²) in [6.45, 7) is 4.85. The quantitative estimate of drug-likeness (QED) is 0.264. The Morgan fingerprint density at radius 1 is 0.805 bits per heavy atom. The van der Waals surface area contributed by atoms with E-state index in [4.69, 9.17) is 4.74 Å². The minimum atomic E-state index is -1.14. The molecule has 218 valence electrons. The first-order valence-corrected chi connectivity index (χ1v) is 14.0. The third-order valence-electron chi connectivity index (χ3n) is 6.93. The van der Waals surface area contributed by atoms with Crippen LogP contribution in [0.2, 0.25) is 0 Å². The highest BCUT2D eigenvalue weighted by Crippen LogP contribution is 2.18. The molecular weight excluding hydrogens is 520 g/mol. The zero-order valence-corrected chi connectivity index (χ0v) is 24.0. The van der Waals surface area contributed by atoms with Crippen molar-refractivity contribution in [3.63, 3.8) is 0 Å². The Hall–Kier alpha value is -4.24. The summed E-state index contributed by atoms with van der Waals surface area (Å²) in [6, 6.07) is 21.1. The van der Waals surface area contributed by atoms with Gasteiger partial charge >= 0.3 is 0 Å². The van der Waals surface area contributed by atoms with Crippen LogP contribution in [0.25, 0.3) is 10.8 Å². The van der Waals surface area contributed by atoms with Crippen LogP contribution in [0.3, 0.4) is 0 Å². The number of nitrogens with zero attached hydrogens (tertiary/aromatic N) is 1. The Kier molecular flexibility index (Phi) is 12.3. The van der Waals surface area contributed by atoms with Gasteiger partial charge in [0.2, 0.25) is 23.6 Å². The molecule has 0 spiro atoms. The normalized spacial score (nSPS) is 12.3. The van der Waals surface area contributed by atoms with E-state index in [1.54, 1.807) is 4.90 Å². The van der Waals surface area contributed by atoms with Crippen LogP contribution in [0.1, 0.15) is 37.8 Å². The van der Waals surface area contributed by atoms with Crippen molar-refractivity contribution in [2.24, 2.45) is 0 Å². The van der Waals surface area contributed by atoms with Gasteiger partial charge in [-0.15, -0.1) is 0 Å². The summed E-state index contributed by atoms with van der Waals surface area (Å²) in [4.78, 5) is 53.8. The Labute approximate surface area is 241 Å². The van der Waals surface area contributed by atoms with Gasteiger partial charge in [0.05, 0.1) is 13.0 Å². The standard InChI is InChI=1S/C32H40N4O5/c1-4-36(5-2)30(38)20-27(34-29(37)19-18-23-12-7-6-8-13-23)32(40)35-28(22-41-3)31(39)33-21-25-16-11-15-24-14-9-10-17-26(24)25/h6-17,27-28H,4-5,18-22H2,1-3H3,(H,33,39)(H,34,37)(H,35,40)/t27-,28-/m0/s1. The second-order valence-corrected chi connectivity index (χ2v) is 9.75. The largest absolute Gasteiger partial charge is 0.382 e. The molecule has 3 N–H and O–H groups in total. The lowest BCUT2D eigenvalue weighted by Crippen LogP contribution is -2.56. The van der Waals surface area contributed by atoms with Crippen LogP contribution in [0, 0.1) is 0 Å². The molecule has 0 fully saturated rings. The fourth-order valence-electron chi connectivity index (χ4n) is 4.63. The Balaban J connectivity index is 1.68. The molecule has 0 saturated carbocycles. The average Bonchev–Trinajstić information content (AvgIpc) is 2.99. The highest BCUT2D eigenvalue weighted by Gasteiger charge is 2.29. The number of hydrogen-bond donors (Lipinski definition) is 3. The number of amides is 4. The molecule has 3 rings (SSSR count). The van der Waals surface area contributed by atoms with E-state index in [2.05, 4.69) is 16.0 Å². The van der Waals surface area contributed by atoms with Gasteiger partial charge in [0.25, 0.3) is 0 Å². The number of ether oxygens (including phenoxy) is 1. The van der Waals surface area contributed by atoms with Crippen molar-refractivity contribution in [2.45, 2.75) is 51.7 Å². The van der Waals surface area contributed by atoms with E-state index >= 15 is 0 Å². The van der Waals surface area contributed by atoms with Gasteiger partial charge < -0.3 is 25.6 Å². The van der Waals surface area contributed by atoms with Gasteiger partial charge in [0, 0.05) is 33.2 Å². The molecule has 0 heterocycles. The second-order valence-electron chi connectivity index (χ2n) is 9.75. The molecule has 0 aromatic heterocycles. The van der Waals surface area contributed by atoms with E-state index in [9.17, 15) is 19.2 Å². The van der Waals surface area contributed by atoms with Gasteiger partial charge in [-0.25, -0.2) is 0 Å². The predicted molar refractivity (Wildman–Crippen MR) is 159 cm³/mol. The first-order chi connectivity index (χ1) is 19.9. The summed E-state index contributed by atoms with van der Waals surface area (Å²) >= 11 is 0. The number of rotatable bonds is 15. The lowest BCUT2D eigenvalue weighted by atomic mass is 10.0. The predicted octanol–water partition coefficient (Wildman–Crippen LogP) is 2.96. The molecule has 0 aliphatic rings. The molecule has 0 bridgehead atoms. The van der Waals surface area contributed by atoms with Crippen LogP contribution in [-0.2, 0) is 36.9 Å². The molecule has 2 atom stereocenters. The molecule has 3 aromatic carbocycles. The van der Waals surface area contributed by atoms with Crippen LogP contribution in [-0.4, -0.2) is 67.4 Å². The number of aryl methyl sites for hydroxylation is 1. The minimum absolute atomic E-state index is 0.0776. The van der Waals surface area contributed by atoms with Crippen molar-refractivity contribution in [1.29, 1.82) is 0 Å². The van der Waals surface area contributed by atoms with Gasteiger partial charge in [-0.3, -0.25) is 19.2 Å². The number of carbonyl (C=O) groups excluding carboxylic acids is 4. The Morgan fingerprint density at radius 2 is 1.49 bits per heavy atom. The van der Waals surface area contributed by atoms with Gasteiger partial charge in [-0.05, 0) is 42.2 Å². The Morgan fingerprint density at radius 3 is 2.20 bits per heavy atom. The van der Waals surface area contributed by atoms with Gasteiger partial charge in [0.15, 0.2) is 0 Å². The van der Waals surface area contributed by atoms with E-state index in [0.29, 0.717) is 19.5 Å². The van der Waals surface area contributed by atoms with Crippen molar-refractivity contribution in [3.05, 3.63) is 83.9 Å². The molecular formula is C32H40N4O5. The summed E-state index contributed by atoms with van der Waals surface area (Å²) in [7, 11) is 1.43. The van der Waals surface area contributed by atoms with E-state index < -0.39 is 23.9 Å². The van der Waals surface area contributed by atoms with E-state index in [-0.39, 0.29) is 37.8 Å². The Bertz CT molecular complexity index is 1300. The number of fused-ring (bicyclic) bond motifs is 1. The first-order valence-electron chi connectivity index (χ1n) is 14.0. The summed E-state index contributed by atoms with van der Waals surface area (Å²) in [6.07, 6.45) is 0.427. The zero-order chi connectivity index (χ0) is 29.6. The molecule has 0 aliphatic carbocycles. The fourth-order valence-corrected chi connectivity index (χ4v) is 4.63. The molecule has 9 heteroatoms. The molecule has 3 aromatic rings. The molecule has 0 aliphatic heterocycles. The SMILES string of the molecule is CCN(CC)C(=O)C[C@H](NC(=O)CCc1ccccc1)C(=O)N[C@@H](COC)C(=O)NCc1cccc2ccccc12. The van der Waals surface area contributed by atoms with E-state index in [0.717, 1.165) is 21.9 Å². The van der Waals surface area contributed by atoms with Gasteiger partial charge in [0.1, 0.15) is 12.1 Å². The minimum Gasteiger partial charge on any atom is -0.382 e. The van der Waals surface area contributed by atoms with Crippen molar-refractivity contribution in [2.75, 3.05) is 26.8 Å². The summed E-state index contributed by atoms with van der Waals surface area (Å²) in [5.74, 6) is -1.68. The third kappa shape index (κ3) is 9.42. The van der Waals surface area contributed by atoms with Crippen LogP contribution < -0.4 is 16.0 Å². The maximum absolute atomic E-state index is 13.4. The number of nitrogens with one attached hydrogen (secondary N) is 3. The van der Waals surface area contributed by atoms with E-state index in [1.807, 2.05) is 86.6 Å². The lowest BCUT2D eigenvalue weighted by molar-refractivity contribution is -0.137. The topological polar surface area (TPSA) is 117 Å². The molecule has 0 radical (unpaired) electrons. The summed E-state index contributed by atoms with van der Waals surface area (Å²) in [5.41, 5.74) is 1.93. The maximum Gasteiger partial charge on any atom is 0.245 e. The molecule has 0 saturated heterocycles. The zero-order valence-electron chi connectivity index (χ0n) is 24.0. The van der Waals surface area contributed by atoms with Crippen molar-refractivity contribution in [1.82, 2.24) is 20.9 Å². The van der Waals surface area contributed by atoms with Gasteiger partial charge in [-0.2, -0.15) is 0 Å². The highest BCUT2D eigenvalue weighted by molar-refractivity contribution is 5.95. The molecule has 0 unspecified atom stereocenters. The third-order valence-corrected chi connectivity index (χ3v) is 6.93. The molecule has 41 heavy (non-hydrogen) atoms. The lowest BCUT2D eigenvalue weighted by Gasteiger charge is -2.25. The number of benzene rings is 3. The fraction of sp³-hybridized carbons (Fsp3) is 0.375. The highest BCUT2D eigenvalue weighted by atomic mass is 16.5. The summed E-state index contributed by atoms with van der Waals surface area (Å²) in [5, 5.41) is 10.4. The van der Waals surface area contributed by atoms with Crippen LogP contribution in [0.15, 0.2) is 72.8 Å². The van der Waals surface area contributed by atoms with Crippen molar-refractivity contribution >= 4 is 34.4 Å². The molecule has 4 amide bonds. The number of carbonyl (C=O) groups is 4. The first kappa shape index (κ1) is 31.3. The maximum atomic E-state index is 13.4. The molecule has 9 nitrogen and oxygen atoms in total. The van der Waals surface area contributed by atoms with Crippen molar-refractivity contribution < 1.29 is 23.9 Å². The van der Waals surface area contributed by atoms with Crippen LogP contribution in [0.5, 0.6) is 0 Å². The number of methoxy groups -OCH3 is 1. The van der Waals surface area contributed by atoms with Gasteiger partial charge in [-0.1, -0.05) is 72.8 Å². The smallest absolute Gasteiger partial charge is 0.245 e. The monoisotopic (exact) mass is 560 g/mol. The van der Waals surface area contributed by atoms with Crippen molar-refractivity contribution in [3.8, 4) is 0 Å². The van der Waals surface area contributed by atoms with E-state index in [1.165, 1.54) is 7.11 Å². The second kappa shape index (κ2) is 16.1. The number of hydrogen-bond acceptors (Lipinski definition) is 5. The van der Waals surface area contributed by atoms with Crippen LogP contribution in [0.4, 0.5) is 0 Å². The summed E-state index contributed by atoms with van der Waals surface area (Å²) < 4.78 is 5.21. The average molecular weight is 561 g/mol.